The molecule has 0 saturated carbocycles. The average molecular weight is 648 g/mol. The van der Waals surface area contributed by atoms with E-state index in [0.29, 0.717) is 0 Å². The van der Waals surface area contributed by atoms with Crippen molar-refractivity contribution in [3.63, 3.8) is 0 Å². The molecular weight excluding hydrogens is 611 g/mol. The first kappa shape index (κ1) is 30.7. The zero-order valence-corrected chi connectivity index (χ0v) is 29.2. The molecule has 0 unspecified atom stereocenters. The third-order valence-electron chi connectivity index (χ3n) is 9.98. The van der Waals surface area contributed by atoms with Gasteiger partial charge in [0.25, 0.3) is 0 Å². The SMILES string of the molecule is C=C(C)/C(C)=c1\c(-c2ccc/c(=C/C)c2=C)cc(-n2c3c(c4ccccc42)C=C(c2cccc4c2sc2ccccc24)C=C=C3)c\c1=C\C. The maximum Gasteiger partial charge on any atom is 0.0618 e. The van der Waals surface area contributed by atoms with Gasteiger partial charge in [-0.25, -0.2) is 0 Å². The second-order valence-corrected chi connectivity index (χ2v) is 13.9. The van der Waals surface area contributed by atoms with E-state index >= 15 is 0 Å². The highest BCUT2D eigenvalue weighted by atomic mass is 32.1. The molecule has 0 atom stereocenters. The summed E-state index contributed by atoms with van der Waals surface area (Å²) >= 11 is 1.87. The van der Waals surface area contributed by atoms with Crippen molar-refractivity contribution in [1.29, 1.82) is 0 Å². The monoisotopic (exact) mass is 647 g/mol. The number of hydrogen-bond acceptors (Lipinski definition) is 1. The van der Waals surface area contributed by atoms with Crippen LogP contribution in [0.2, 0.25) is 0 Å². The molecule has 2 heterocycles. The Balaban J connectivity index is 1.44. The summed E-state index contributed by atoms with van der Waals surface area (Å²) in [6.45, 7) is 17.4. The fourth-order valence-electron chi connectivity index (χ4n) is 7.37. The number of allylic oxidation sites excluding steroid dienone is 3. The molecule has 0 N–H and O–H groups in total. The summed E-state index contributed by atoms with van der Waals surface area (Å²) < 4.78 is 5.02. The van der Waals surface area contributed by atoms with Gasteiger partial charge in [-0.05, 0) is 107 Å². The topological polar surface area (TPSA) is 4.93 Å². The van der Waals surface area contributed by atoms with Gasteiger partial charge in [-0.2, -0.15) is 0 Å². The summed E-state index contributed by atoms with van der Waals surface area (Å²) in [7, 11) is 0. The Labute approximate surface area is 291 Å². The highest BCUT2D eigenvalue weighted by Gasteiger charge is 2.20. The number of aromatic nitrogens is 1. The minimum Gasteiger partial charge on any atom is -0.309 e. The van der Waals surface area contributed by atoms with Crippen LogP contribution in [0.25, 0.3) is 89.9 Å². The molecule has 8 rings (SSSR count). The van der Waals surface area contributed by atoms with Crippen molar-refractivity contribution in [2.24, 2.45) is 0 Å². The normalized spacial score (nSPS) is 14.1. The summed E-state index contributed by atoms with van der Waals surface area (Å²) in [4.78, 5) is 0. The van der Waals surface area contributed by atoms with Crippen LogP contribution in [0.1, 0.15) is 44.5 Å². The molecule has 0 saturated heterocycles. The van der Waals surface area contributed by atoms with Crippen molar-refractivity contribution < 1.29 is 0 Å². The Hall–Kier alpha value is -5.66. The summed E-state index contributed by atoms with van der Waals surface area (Å²) in [5, 5.41) is 8.37. The molecule has 2 aromatic heterocycles. The summed E-state index contributed by atoms with van der Waals surface area (Å²) in [6.07, 6.45) is 11.0. The van der Waals surface area contributed by atoms with Gasteiger partial charge in [0.1, 0.15) is 0 Å². The highest BCUT2D eigenvalue weighted by molar-refractivity contribution is 7.26. The lowest BCUT2D eigenvalue weighted by atomic mass is 9.94. The highest BCUT2D eigenvalue weighted by Crippen LogP contribution is 2.41. The lowest BCUT2D eigenvalue weighted by molar-refractivity contribution is 1.10. The fraction of sp³-hybridized carbons (Fsp3) is 0.0851. The van der Waals surface area contributed by atoms with Gasteiger partial charge in [0.05, 0.1) is 11.2 Å². The van der Waals surface area contributed by atoms with Crippen LogP contribution in [-0.4, -0.2) is 4.57 Å². The van der Waals surface area contributed by atoms with E-state index in [1.165, 1.54) is 52.7 Å². The third kappa shape index (κ3) is 4.92. The zero-order valence-electron chi connectivity index (χ0n) is 28.4. The molecule has 0 spiro atoms. The van der Waals surface area contributed by atoms with E-state index < -0.39 is 0 Å². The van der Waals surface area contributed by atoms with Crippen LogP contribution >= 0.6 is 11.3 Å². The first-order chi connectivity index (χ1) is 23.9. The van der Waals surface area contributed by atoms with Gasteiger partial charge in [0.2, 0.25) is 0 Å². The minimum absolute atomic E-state index is 1.03. The van der Waals surface area contributed by atoms with Crippen molar-refractivity contribution in [3.05, 3.63) is 159 Å². The molecule has 5 aromatic carbocycles. The molecule has 2 heteroatoms. The molecule has 1 aliphatic carbocycles. The molecule has 1 nitrogen and oxygen atoms in total. The molecule has 236 valence electrons. The maximum absolute atomic E-state index is 4.56. The average Bonchev–Trinajstić information content (AvgIpc) is 3.57. The van der Waals surface area contributed by atoms with Crippen molar-refractivity contribution in [1.82, 2.24) is 4.57 Å². The van der Waals surface area contributed by atoms with E-state index in [0.717, 1.165) is 49.6 Å². The zero-order chi connectivity index (χ0) is 33.8. The number of hydrogen-bond donors (Lipinski definition) is 0. The fourth-order valence-corrected chi connectivity index (χ4v) is 8.61. The van der Waals surface area contributed by atoms with Crippen LogP contribution in [0, 0.1) is 0 Å². The first-order valence-electron chi connectivity index (χ1n) is 16.8. The van der Waals surface area contributed by atoms with E-state index in [4.69, 9.17) is 0 Å². The summed E-state index contributed by atoms with van der Waals surface area (Å²) in [5.74, 6) is 0. The third-order valence-corrected chi connectivity index (χ3v) is 11.2. The van der Waals surface area contributed by atoms with Gasteiger partial charge >= 0.3 is 0 Å². The van der Waals surface area contributed by atoms with E-state index in [1.54, 1.807) is 0 Å². The van der Waals surface area contributed by atoms with E-state index in [-0.39, 0.29) is 0 Å². The quantitative estimate of drug-likeness (QED) is 0.168. The Morgan fingerprint density at radius 2 is 1.45 bits per heavy atom. The van der Waals surface area contributed by atoms with Crippen molar-refractivity contribution in [2.45, 2.75) is 27.7 Å². The van der Waals surface area contributed by atoms with Crippen LogP contribution in [0.4, 0.5) is 0 Å². The van der Waals surface area contributed by atoms with Crippen LogP contribution in [-0.2, 0) is 0 Å². The Morgan fingerprint density at radius 1 is 0.735 bits per heavy atom. The number of rotatable bonds is 4. The van der Waals surface area contributed by atoms with E-state index in [1.807, 2.05) is 11.3 Å². The molecule has 49 heavy (non-hydrogen) atoms. The predicted octanol–water partition coefficient (Wildman–Crippen LogP) is 10.1. The standard InChI is InChI=1S/C47H37NS/c1-7-32-16-13-20-36(31(32)6)42-28-35(26-33(8-2)46(42)30(5)29(3)4)48-43-23-11-9-18-38(43)41-27-34(17-14-24-44(41)48)37-21-15-22-40-39-19-10-12-25-45(39)49-47(37)40/h7-13,15-28H,3,6H2,1-2,4-5H3/b32-7-,33-8-,46-30-. The number of thiophene rings is 1. The van der Waals surface area contributed by atoms with Gasteiger partial charge in [-0.15, -0.1) is 17.1 Å². The molecule has 0 fully saturated rings. The van der Waals surface area contributed by atoms with E-state index in [2.05, 4.69) is 179 Å². The first-order valence-corrected chi connectivity index (χ1v) is 17.6. The molecule has 1 aliphatic rings. The maximum atomic E-state index is 4.56. The molecule has 0 bridgehead atoms. The molecular formula is C47H37NS. The van der Waals surface area contributed by atoms with Crippen LogP contribution in [0.15, 0.2) is 121 Å². The number of para-hydroxylation sites is 1. The van der Waals surface area contributed by atoms with Crippen LogP contribution in [0.5, 0.6) is 0 Å². The Morgan fingerprint density at radius 3 is 2.24 bits per heavy atom. The summed E-state index contributed by atoms with van der Waals surface area (Å²) in [6, 6.07) is 35.3. The van der Waals surface area contributed by atoms with Gasteiger partial charge in [0, 0.05) is 48.4 Å². The second kappa shape index (κ2) is 12.1. The van der Waals surface area contributed by atoms with Crippen molar-refractivity contribution in [2.75, 3.05) is 0 Å². The van der Waals surface area contributed by atoms with Gasteiger partial charge in [0.15, 0.2) is 0 Å². The number of benzene rings is 5. The minimum atomic E-state index is 1.03. The molecule has 0 radical (unpaired) electrons. The largest absolute Gasteiger partial charge is 0.309 e. The lowest BCUT2D eigenvalue weighted by Gasteiger charge is -2.15. The second-order valence-electron chi connectivity index (χ2n) is 12.8. The Bertz CT molecular complexity index is 2880. The smallest absolute Gasteiger partial charge is 0.0618 e. The number of nitrogens with zero attached hydrogens (tertiary/aromatic N) is 1. The van der Waals surface area contributed by atoms with Crippen LogP contribution in [0.3, 0.4) is 0 Å². The van der Waals surface area contributed by atoms with Gasteiger partial charge in [-0.1, -0.05) is 104 Å². The Kier molecular flexibility index (Phi) is 7.57. The lowest BCUT2D eigenvalue weighted by Crippen LogP contribution is -2.33. The molecule has 7 aromatic rings. The van der Waals surface area contributed by atoms with E-state index in [9.17, 15) is 0 Å². The summed E-state index contributed by atoms with van der Waals surface area (Å²) in [5.41, 5.74) is 15.1. The molecule has 0 amide bonds. The van der Waals surface area contributed by atoms with Crippen molar-refractivity contribution in [3.8, 4) is 16.8 Å². The van der Waals surface area contributed by atoms with Gasteiger partial charge in [-0.3, -0.25) is 0 Å². The number of fused-ring (bicyclic) bond motifs is 6. The van der Waals surface area contributed by atoms with Crippen LogP contribution < -0.4 is 20.9 Å². The predicted molar refractivity (Wildman–Crippen MR) is 217 cm³/mol. The van der Waals surface area contributed by atoms with Gasteiger partial charge < -0.3 is 4.57 Å². The van der Waals surface area contributed by atoms with Crippen molar-refractivity contribution >= 4 is 84.4 Å². The molecule has 0 aliphatic heterocycles.